The van der Waals surface area contributed by atoms with Crippen LogP contribution in [0.25, 0.3) is 0 Å². The molecular weight excluding hydrogens is 430 g/mol. The number of fused-ring (bicyclic) bond motifs is 2. The first-order chi connectivity index (χ1) is 15.6. The minimum Gasteiger partial charge on any atom is -0.377 e. The number of hydrogen-bond acceptors (Lipinski definition) is 5. The molecule has 3 aliphatic heterocycles. The van der Waals surface area contributed by atoms with Gasteiger partial charge < -0.3 is 25.2 Å². The molecule has 1 aromatic heterocycles. The summed E-state index contributed by atoms with van der Waals surface area (Å²) in [6, 6.07) is 11.3. The highest BCUT2D eigenvalue weighted by molar-refractivity contribution is 6.29. The van der Waals surface area contributed by atoms with Gasteiger partial charge in [-0.2, -0.15) is 0 Å². The third-order valence-electron chi connectivity index (χ3n) is 6.43. The number of rotatable bonds is 4. The normalized spacial score (nSPS) is 25.0. The van der Waals surface area contributed by atoms with Crippen molar-refractivity contribution in [2.24, 2.45) is 0 Å². The number of carbonyl (C=O) groups excluding carboxylic acids is 2. The second kappa shape index (κ2) is 8.96. The SMILES string of the molecule is O=C(Nc1ccc(Cl)nc1)NC1CCCN(c2ccc(N3[C@@H]4CC[C@H]3COC4)cc2)C1=O. The predicted octanol–water partition coefficient (Wildman–Crippen LogP) is 3.42. The van der Waals surface area contributed by atoms with Gasteiger partial charge in [0.15, 0.2) is 0 Å². The van der Waals surface area contributed by atoms with E-state index in [1.807, 2.05) is 12.1 Å². The van der Waals surface area contributed by atoms with Gasteiger partial charge in [0.2, 0.25) is 5.91 Å². The van der Waals surface area contributed by atoms with Crippen molar-refractivity contribution < 1.29 is 14.3 Å². The predicted molar refractivity (Wildman–Crippen MR) is 123 cm³/mol. The fraction of sp³-hybridized carbons (Fsp3) is 0.435. The minimum absolute atomic E-state index is 0.0974. The number of amides is 3. The lowest BCUT2D eigenvalue weighted by Crippen LogP contribution is -2.53. The Morgan fingerprint density at radius 3 is 2.44 bits per heavy atom. The number of benzene rings is 1. The van der Waals surface area contributed by atoms with Crippen LogP contribution >= 0.6 is 11.6 Å². The zero-order valence-corrected chi connectivity index (χ0v) is 18.4. The van der Waals surface area contributed by atoms with E-state index >= 15 is 0 Å². The number of morpholine rings is 1. The number of hydrogen-bond donors (Lipinski definition) is 2. The Hall–Kier alpha value is -2.84. The smallest absolute Gasteiger partial charge is 0.319 e. The van der Waals surface area contributed by atoms with Crippen LogP contribution in [0.4, 0.5) is 21.9 Å². The molecule has 9 heteroatoms. The molecule has 168 valence electrons. The molecule has 32 heavy (non-hydrogen) atoms. The first-order valence-corrected chi connectivity index (χ1v) is 11.4. The summed E-state index contributed by atoms with van der Waals surface area (Å²) in [5, 5.41) is 5.83. The van der Waals surface area contributed by atoms with Crippen molar-refractivity contribution in [3.63, 3.8) is 0 Å². The topological polar surface area (TPSA) is 86.8 Å². The van der Waals surface area contributed by atoms with Crippen molar-refractivity contribution in [3.8, 4) is 0 Å². The highest BCUT2D eigenvalue weighted by Gasteiger charge is 2.37. The summed E-state index contributed by atoms with van der Waals surface area (Å²) in [5.74, 6) is -0.0974. The van der Waals surface area contributed by atoms with Crippen molar-refractivity contribution in [2.75, 3.05) is 34.9 Å². The molecule has 3 amide bonds. The molecule has 5 rings (SSSR count). The summed E-state index contributed by atoms with van der Waals surface area (Å²) in [7, 11) is 0. The van der Waals surface area contributed by atoms with E-state index in [-0.39, 0.29) is 5.91 Å². The molecule has 0 radical (unpaired) electrons. The molecule has 2 aromatic rings. The average molecular weight is 456 g/mol. The van der Waals surface area contributed by atoms with Gasteiger partial charge in [0, 0.05) is 17.9 Å². The second-order valence-electron chi connectivity index (χ2n) is 8.50. The van der Waals surface area contributed by atoms with E-state index in [4.69, 9.17) is 16.3 Å². The van der Waals surface area contributed by atoms with Crippen LogP contribution in [0.2, 0.25) is 5.15 Å². The summed E-state index contributed by atoms with van der Waals surface area (Å²) >= 11 is 5.77. The van der Waals surface area contributed by atoms with Crippen LogP contribution in [0.5, 0.6) is 0 Å². The molecular formula is C23H26ClN5O3. The number of ether oxygens (including phenoxy) is 1. The number of halogens is 1. The third-order valence-corrected chi connectivity index (χ3v) is 6.65. The number of pyridine rings is 1. The summed E-state index contributed by atoms with van der Waals surface area (Å²) in [4.78, 5) is 33.6. The highest BCUT2D eigenvalue weighted by Crippen LogP contribution is 2.35. The first kappa shape index (κ1) is 21.0. The number of nitrogens with one attached hydrogen (secondary N) is 2. The highest BCUT2D eigenvalue weighted by atomic mass is 35.5. The molecule has 4 heterocycles. The molecule has 3 saturated heterocycles. The average Bonchev–Trinajstić information content (AvgIpc) is 3.05. The Labute approximate surface area is 191 Å². The standard InChI is InChI=1S/C23H26ClN5O3/c24-21-10-3-15(12-25-21)26-23(31)27-20-2-1-11-28(22(20)30)16-4-6-17(7-5-16)29-18-8-9-19(29)14-32-13-18/h3-7,10,12,18-20H,1-2,8-9,11,13-14H2,(H2,26,27,31)/t18-,19+,20?. The Balaban J connectivity index is 1.23. The Kier molecular flexibility index (Phi) is 5.89. The molecule has 3 aliphatic rings. The molecule has 3 atom stereocenters. The molecule has 2 bridgehead atoms. The summed E-state index contributed by atoms with van der Waals surface area (Å²) in [6.07, 6.45) is 5.22. The van der Waals surface area contributed by atoms with Crippen molar-refractivity contribution >= 4 is 40.6 Å². The van der Waals surface area contributed by atoms with E-state index in [9.17, 15) is 9.59 Å². The number of piperidine rings is 1. The van der Waals surface area contributed by atoms with Crippen LogP contribution in [0, 0.1) is 0 Å². The molecule has 1 aromatic carbocycles. The van der Waals surface area contributed by atoms with E-state index in [1.165, 1.54) is 24.7 Å². The molecule has 8 nitrogen and oxygen atoms in total. The van der Waals surface area contributed by atoms with Crippen molar-refractivity contribution in [3.05, 3.63) is 47.7 Å². The van der Waals surface area contributed by atoms with E-state index in [1.54, 1.807) is 17.0 Å². The minimum atomic E-state index is -0.571. The lowest BCUT2D eigenvalue weighted by atomic mass is 10.0. The molecule has 1 unspecified atom stereocenters. The fourth-order valence-electron chi connectivity index (χ4n) is 4.90. The Bertz CT molecular complexity index is 968. The summed E-state index contributed by atoms with van der Waals surface area (Å²) in [5.41, 5.74) is 2.55. The van der Waals surface area contributed by atoms with Crippen LogP contribution in [-0.2, 0) is 9.53 Å². The van der Waals surface area contributed by atoms with Crippen molar-refractivity contribution in [1.82, 2.24) is 10.3 Å². The molecule has 0 spiro atoms. The lowest BCUT2D eigenvalue weighted by Gasteiger charge is -2.37. The second-order valence-corrected chi connectivity index (χ2v) is 8.89. The molecule has 2 N–H and O–H groups in total. The van der Waals surface area contributed by atoms with Gasteiger partial charge in [-0.25, -0.2) is 9.78 Å². The zero-order chi connectivity index (χ0) is 22.1. The van der Waals surface area contributed by atoms with Gasteiger partial charge in [-0.1, -0.05) is 11.6 Å². The fourth-order valence-corrected chi connectivity index (χ4v) is 5.01. The Morgan fingerprint density at radius 2 is 1.75 bits per heavy atom. The maximum absolute atomic E-state index is 13.1. The van der Waals surface area contributed by atoms with Crippen molar-refractivity contribution in [1.29, 1.82) is 0 Å². The monoisotopic (exact) mass is 455 g/mol. The van der Waals surface area contributed by atoms with Gasteiger partial charge in [-0.15, -0.1) is 0 Å². The molecule has 0 aliphatic carbocycles. The van der Waals surface area contributed by atoms with Gasteiger partial charge in [-0.3, -0.25) is 4.79 Å². The largest absolute Gasteiger partial charge is 0.377 e. The van der Waals surface area contributed by atoms with Gasteiger partial charge in [0.1, 0.15) is 11.2 Å². The van der Waals surface area contributed by atoms with Crippen LogP contribution in [0.15, 0.2) is 42.6 Å². The summed E-state index contributed by atoms with van der Waals surface area (Å²) in [6.45, 7) is 2.20. The zero-order valence-electron chi connectivity index (χ0n) is 17.7. The number of urea groups is 1. The number of carbonyl (C=O) groups is 2. The molecule has 0 saturated carbocycles. The maximum atomic E-state index is 13.1. The summed E-state index contributed by atoms with van der Waals surface area (Å²) < 4.78 is 5.68. The number of nitrogens with zero attached hydrogens (tertiary/aromatic N) is 3. The van der Waals surface area contributed by atoms with Crippen LogP contribution in [0.1, 0.15) is 25.7 Å². The first-order valence-electron chi connectivity index (χ1n) is 11.0. The van der Waals surface area contributed by atoms with E-state index in [0.717, 1.165) is 25.3 Å². The Morgan fingerprint density at radius 1 is 1.03 bits per heavy atom. The number of anilines is 3. The van der Waals surface area contributed by atoms with E-state index in [2.05, 4.69) is 32.7 Å². The quantitative estimate of drug-likeness (QED) is 0.690. The van der Waals surface area contributed by atoms with E-state index < -0.39 is 12.1 Å². The maximum Gasteiger partial charge on any atom is 0.319 e. The van der Waals surface area contributed by atoms with Gasteiger partial charge in [0.05, 0.1) is 37.2 Å². The van der Waals surface area contributed by atoms with Gasteiger partial charge in [0.25, 0.3) is 0 Å². The van der Waals surface area contributed by atoms with Gasteiger partial charge in [-0.05, 0) is 62.1 Å². The molecule has 3 fully saturated rings. The van der Waals surface area contributed by atoms with E-state index in [0.29, 0.717) is 35.9 Å². The van der Waals surface area contributed by atoms with Crippen LogP contribution in [0.3, 0.4) is 0 Å². The van der Waals surface area contributed by atoms with Crippen LogP contribution in [-0.4, -0.2) is 54.8 Å². The lowest BCUT2D eigenvalue weighted by molar-refractivity contribution is -0.121. The van der Waals surface area contributed by atoms with Gasteiger partial charge >= 0.3 is 6.03 Å². The van der Waals surface area contributed by atoms with Crippen molar-refractivity contribution in [2.45, 2.75) is 43.8 Å². The number of aromatic nitrogens is 1. The van der Waals surface area contributed by atoms with Crippen LogP contribution < -0.4 is 20.4 Å². The third kappa shape index (κ3) is 4.25.